The molecule has 0 N–H and O–H groups in total. The molecule has 14 aromatic rings. The van der Waals surface area contributed by atoms with Gasteiger partial charge in [0, 0.05) is 56.1 Å². The second kappa shape index (κ2) is 28.4. The number of nitrogens with zero attached hydrogens (tertiary/aromatic N) is 3. The molecular weight excluding hydrogens is 1450 g/mol. The summed E-state index contributed by atoms with van der Waals surface area (Å²) in [6.07, 6.45) is 0.898. The van der Waals surface area contributed by atoms with Gasteiger partial charge in [0.05, 0.1) is 45.2 Å². The quantitative estimate of drug-likeness (QED) is 0.150. The van der Waals surface area contributed by atoms with Gasteiger partial charge in [-0.15, -0.1) is 0 Å². The molecule has 0 saturated heterocycles. The van der Waals surface area contributed by atoms with Gasteiger partial charge in [0.15, 0.2) is 0 Å². The predicted molar refractivity (Wildman–Crippen MR) is 518 cm³/mol. The molecule has 1 unspecified atom stereocenters. The number of rotatable bonds is 8. The van der Waals surface area contributed by atoms with Gasteiger partial charge in [-0.3, -0.25) is 0 Å². The van der Waals surface area contributed by atoms with E-state index in [1.807, 2.05) is 0 Å². The maximum absolute atomic E-state index is 2.82. The minimum Gasteiger partial charge on any atom is -0.309 e. The molecule has 0 bridgehead atoms. The van der Waals surface area contributed by atoms with Gasteiger partial charge in [-0.2, -0.15) is 0 Å². The Hall–Kier alpha value is -10.7. The summed E-state index contributed by atoms with van der Waals surface area (Å²) in [7, 11) is 0. The summed E-state index contributed by atoms with van der Waals surface area (Å²) in [5.74, 6) is -0.286. The molecule has 120 heavy (non-hydrogen) atoms. The van der Waals surface area contributed by atoms with E-state index in [1.165, 1.54) is 184 Å². The van der Waals surface area contributed by atoms with E-state index in [0.717, 1.165) is 23.5 Å². The van der Waals surface area contributed by atoms with Crippen molar-refractivity contribution in [3.05, 3.63) is 349 Å². The lowest BCUT2D eigenvalue weighted by Gasteiger charge is -2.47. The van der Waals surface area contributed by atoms with Gasteiger partial charge in [0.1, 0.15) is 0 Å². The molecule has 13 aromatic carbocycles. The third-order valence-corrected chi connectivity index (χ3v) is 26.8. The number of anilines is 6. The minimum atomic E-state index is -0.362. The Bertz CT molecular complexity index is 6100. The lowest BCUT2D eigenvalue weighted by atomic mass is 9.71. The Morgan fingerprint density at radius 3 is 0.867 bits per heavy atom. The number of fused-ring (bicyclic) bond motifs is 9. The average Bonchev–Trinajstić information content (AvgIpc) is 0.810. The van der Waals surface area contributed by atoms with Crippen molar-refractivity contribution < 1.29 is 0 Å². The fourth-order valence-electron chi connectivity index (χ4n) is 19.2. The van der Waals surface area contributed by atoms with Crippen LogP contribution in [0, 0.1) is 0 Å². The van der Waals surface area contributed by atoms with Gasteiger partial charge in [0.2, 0.25) is 0 Å². The van der Waals surface area contributed by atoms with Crippen LogP contribution < -0.4 is 9.80 Å². The summed E-state index contributed by atoms with van der Waals surface area (Å²) in [5.41, 5.74) is 41.1. The maximum Gasteiger partial charge on any atom is 0.0618 e. The third-order valence-electron chi connectivity index (χ3n) is 26.8. The highest BCUT2D eigenvalue weighted by atomic mass is 15.2. The van der Waals surface area contributed by atoms with E-state index in [9.17, 15) is 0 Å². The second-order valence-electron chi connectivity index (χ2n) is 44.8. The van der Waals surface area contributed by atoms with Crippen LogP contribution in [0.4, 0.5) is 34.1 Å². The molecular formula is C117H127N3. The monoisotopic (exact) mass is 1570 g/mol. The Labute approximate surface area is 719 Å². The van der Waals surface area contributed by atoms with Crippen LogP contribution in [0.2, 0.25) is 0 Å². The Morgan fingerprint density at radius 1 is 0.233 bits per heavy atom. The van der Waals surface area contributed by atoms with Crippen LogP contribution in [-0.4, -0.2) is 4.57 Å². The molecule has 1 aliphatic carbocycles. The summed E-state index contributed by atoms with van der Waals surface area (Å²) < 4.78 is 2.60. The van der Waals surface area contributed by atoms with Gasteiger partial charge < -0.3 is 14.4 Å². The van der Waals surface area contributed by atoms with Crippen molar-refractivity contribution >= 4 is 55.9 Å². The topological polar surface area (TPSA) is 11.4 Å². The van der Waals surface area contributed by atoms with Crippen LogP contribution in [0.25, 0.3) is 72.0 Å². The van der Waals surface area contributed by atoms with Crippen LogP contribution in [0.3, 0.4) is 0 Å². The van der Waals surface area contributed by atoms with E-state index in [0.29, 0.717) is 0 Å². The fourth-order valence-corrected chi connectivity index (χ4v) is 19.2. The zero-order valence-electron chi connectivity index (χ0n) is 77.0. The van der Waals surface area contributed by atoms with Gasteiger partial charge in [0.25, 0.3) is 0 Å². The first-order valence-electron chi connectivity index (χ1n) is 44.3. The molecule has 2 aliphatic heterocycles. The predicted octanol–water partition coefficient (Wildman–Crippen LogP) is 33.0. The maximum atomic E-state index is 2.82. The molecule has 1 aromatic heterocycles. The minimum absolute atomic E-state index is 0.0297. The summed E-state index contributed by atoms with van der Waals surface area (Å²) in [4.78, 5) is 5.64. The van der Waals surface area contributed by atoms with Crippen molar-refractivity contribution in [3.8, 4) is 50.2 Å². The molecule has 3 heterocycles. The Balaban J connectivity index is 1.08. The van der Waals surface area contributed by atoms with E-state index < -0.39 is 0 Å². The van der Waals surface area contributed by atoms with E-state index in [4.69, 9.17) is 0 Å². The van der Waals surface area contributed by atoms with Crippen molar-refractivity contribution in [3.63, 3.8) is 0 Å². The van der Waals surface area contributed by atoms with Gasteiger partial charge >= 0.3 is 0 Å². The number of benzene rings is 13. The first kappa shape index (κ1) is 81.6. The van der Waals surface area contributed by atoms with Crippen LogP contribution in [0.5, 0.6) is 0 Å². The largest absolute Gasteiger partial charge is 0.309 e. The average molecular weight is 1580 g/mol. The standard InChI is InChI=1S/C117H127N3/c1-109(2,3)78-45-36-71(37-46-78)92-64-84(115(19,20)21)65-93(72-38-47-79(48-39-72)110(4,5)6)107(92)119-100-61-77(104-88-34-30-28-32-75(88)60-76-33-29-31-35-89(76)104)44-56-90(100)105-91-57-55-87(118-98-58-53-82(113(13,14)15)62-96(98)97-63-83(114(16,17)18)54-59-99(97)118)70-101(91)120(103-69-86(117(25,26)27)68-102(119)106(103)105)108-94(73-40-49-80(50-41-73)111(7,8)9)66-85(116(22,23)24)67-95(108)74-42-51-81(52-43-74)112(10,11)12/h28-59,61-70,104-105H,60H2,1-27H3. The van der Waals surface area contributed by atoms with E-state index in [1.54, 1.807) is 0 Å². The second-order valence-corrected chi connectivity index (χ2v) is 44.8. The van der Waals surface area contributed by atoms with Gasteiger partial charge in [-0.25, -0.2) is 0 Å². The first-order valence-corrected chi connectivity index (χ1v) is 44.3. The number of hydrogen-bond acceptors (Lipinski definition) is 2. The van der Waals surface area contributed by atoms with E-state index >= 15 is 0 Å². The number of aromatic nitrogens is 1. The molecule has 3 aliphatic rings. The van der Waals surface area contributed by atoms with E-state index in [2.05, 4.69) is 456 Å². The molecule has 0 amide bonds. The SMILES string of the molecule is CC(C)(C)c1ccc(-c2cc(C(C)(C)C)cc(-c3ccc(C(C)(C)C)cc3)c2N2c3cc(C4c5ccccc5Cc5ccccc54)ccc3C3c4ccc(-n5c6ccc(C(C)(C)C)cc6c6cc(C(C)(C)C)ccc65)cc4N(c4c(-c5ccc(C(C)(C)C)cc5)cc(C(C)(C)C)cc4-c4ccc(C(C)(C)C)cc4)c4cc(C(C)(C)C)cc2c43)cc1. The van der Waals surface area contributed by atoms with Crippen molar-refractivity contribution in [2.24, 2.45) is 0 Å². The number of hydrogen-bond donors (Lipinski definition) is 0. The van der Waals surface area contributed by atoms with Gasteiger partial charge in [-0.05, 0) is 245 Å². The highest BCUT2D eigenvalue weighted by molar-refractivity contribution is 6.11. The van der Waals surface area contributed by atoms with Crippen LogP contribution in [-0.2, 0) is 55.2 Å². The third kappa shape index (κ3) is 14.5. The summed E-state index contributed by atoms with van der Waals surface area (Å²) in [6, 6.07) is 103. The molecule has 0 saturated carbocycles. The Kier molecular flexibility index (Phi) is 19.3. The molecule has 0 radical (unpaired) electrons. The molecule has 0 spiro atoms. The molecule has 3 nitrogen and oxygen atoms in total. The van der Waals surface area contributed by atoms with Crippen molar-refractivity contribution in [1.82, 2.24) is 4.57 Å². The summed E-state index contributed by atoms with van der Waals surface area (Å²) >= 11 is 0. The molecule has 3 heteroatoms. The van der Waals surface area contributed by atoms with Crippen LogP contribution in [0.1, 0.15) is 293 Å². The molecule has 610 valence electrons. The van der Waals surface area contributed by atoms with Crippen molar-refractivity contribution in [1.29, 1.82) is 0 Å². The highest BCUT2D eigenvalue weighted by Crippen LogP contribution is 2.66. The van der Waals surface area contributed by atoms with E-state index in [-0.39, 0.29) is 60.6 Å². The molecule has 17 rings (SSSR count). The van der Waals surface area contributed by atoms with Crippen LogP contribution >= 0.6 is 0 Å². The smallest absolute Gasteiger partial charge is 0.0618 e. The summed E-state index contributed by atoms with van der Waals surface area (Å²) in [6.45, 7) is 63.9. The zero-order chi connectivity index (χ0) is 85.6. The first-order chi connectivity index (χ1) is 56.2. The lowest BCUT2D eigenvalue weighted by Crippen LogP contribution is -2.31. The van der Waals surface area contributed by atoms with Crippen molar-refractivity contribution in [2.45, 2.75) is 254 Å². The lowest BCUT2D eigenvalue weighted by molar-refractivity contribution is 0.589. The molecule has 0 fully saturated rings. The van der Waals surface area contributed by atoms with Crippen molar-refractivity contribution in [2.75, 3.05) is 9.80 Å². The zero-order valence-corrected chi connectivity index (χ0v) is 77.0. The normalized spacial score (nSPS) is 14.8. The van der Waals surface area contributed by atoms with Gasteiger partial charge in [-0.1, -0.05) is 363 Å². The molecule has 1 atom stereocenters. The fraction of sp³-hybridized carbons (Fsp3) is 0.333. The summed E-state index contributed by atoms with van der Waals surface area (Å²) in [5, 5.41) is 2.54. The van der Waals surface area contributed by atoms with Crippen LogP contribution in [0.15, 0.2) is 255 Å². The Morgan fingerprint density at radius 2 is 0.533 bits per heavy atom. The highest BCUT2D eigenvalue weighted by Gasteiger charge is 2.46.